The molecule has 1 saturated heterocycles. The summed E-state index contributed by atoms with van der Waals surface area (Å²) in [5.74, 6) is 3.12. The second-order valence-corrected chi connectivity index (χ2v) is 4.52. The van der Waals surface area contributed by atoms with E-state index in [1.807, 2.05) is 11.8 Å². The van der Waals surface area contributed by atoms with Gasteiger partial charge in [-0.05, 0) is 30.8 Å². The van der Waals surface area contributed by atoms with Gasteiger partial charge < -0.3 is 11.1 Å². The van der Waals surface area contributed by atoms with E-state index in [2.05, 4.69) is 17.2 Å². The van der Waals surface area contributed by atoms with E-state index in [9.17, 15) is 0 Å². The van der Waals surface area contributed by atoms with Gasteiger partial charge in [0.25, 0.3) is 0 Å². The first-order valence-corrected chi connectivity index (χ1v) is 6.12. The third-order valence-corrected chi connectivity index (χ3v) is 3.13. The highest BCUT2D eigenvalue weighted by molar-refractivity contribution is 7.99. The Bertz CT molecular complexity index is 164. The SMILES string of the molecule is CCCN=C(N)NC1CCSCC1. The van der Waals surface area contributed by atoms with Crippen LogP contribution in [0.5, 0.6) is 0 Å². The van der Waals surface area contributed by atoms with Crippen molar-refractivity contribution in [3.63, 3.8) is 0 Å². The van der Waals surface area contributed by atoms with E-state index in [0.717, 1.165) is 13.0 Å². The van der Waals surface area contributed by atoms with Crippen molar-refractivity contribution in [2.24, 2.45) is 10.7 Å². The van der Waals surface area contributed by atoms with E-state index in [0.29, 0.717) is 12.0 Å². The van der Waals surface area contributed by atoms with Crippen molar-refractivity contribution in [1.82, 2.24) is 5.32 Å². The van der Waals surface area contributed by atoms with Crippen molar-refractivity contribution >= 4 is 17.7 Å². The standard InChI is InChI=1S/C9H19N3S/c1-2-5-11-9(10)12-8-3-6-13-7-4-8/h8H,2-7H2,1H3,(H3,10,11,12). The summed E-state index contributed by atoms with van der Waals surface area (Å²) >= 11 is 2.02. The fraction of sp³-hybridized carbons (Fsp3) is 0.889. The van der Waals surface area contributed by atoms with Crippen LogP contribution < -0.4 is 11.1 Å². The number of rotatable bonds is 3. The van der Waals surface area contributed by atoms with Crippen LogP contribution in [0.4, 0.5) is 0 Å². The summed E-state index contributed by atoms with van der Waals surface area (Å²) in [6.45, 7) is 2.94. The summed E-state index contributed by atoms with van der Waals surface area (Å²) in [6, 6.07) is 0.557. The Morgan fingerprint density at radius 3 is 2.85 bits per heavy atom. The molecular formula is C9H19N3S. The maximum atomic E-state index is 5.72. The average Bonchev–Trinajstić information content (AvgIpc) is 2.16. The Morgan fingerprint density at radius 2 is 2.23 bits per heavy atom. The third kappa shape index (κ3) is 4.41. The smallest absolute Gasteiger partial charge is 0.188 e. The lowest BCUT2D eigenvalue weighted by atomic mass is 10.2. The highest BCUT2D eigenvalue weighted by Crippen LogP contribution is 2.16. The van der Waals surface area contributed by atoms with E-state index in [4.69, 9.17) is 5.73 Å². The molecule has 0 aromatic carbocycles. The van der Waals surface area contributed by atoms with Gasteiger partial charge in [0, 0.05) is 12.6 Å². The van der Waals surface area contributed by atoms with E-state index < -0.39 is 0 Å². The molecule has 0 atom stereocenters. The summed E-state index contributed by atoms with van der Waals surface area (Å²) in [4.78, 5) is 4.21. The number of guanidine groups is 1. The number of nitrogens with zero attached hydrogens (tertiary/aromatic N) is 1. The van der Waals surface area contributed by atoms with Gasteiger partial charge in [0.2, 0.25) is 0 Å². The Hall–Kier alpha value is -0.380. The molecule has 3 nitrogen and oxygen atoms in total. The second kappa shape index (κ2) is 6.13. The number of nitrogens with one attached hydrogen (secondary N) is 1. The average molecular weight is 201 g/mol. The lowest BCUT2D eigenvalue weighted by molar-refractivity contribution is 0.563. The molecule has 13 heavy (non-hydrogen) atoms. The third-order valence-electron chi connectivity index (χ3n) is 2.08. The first kappa shape index (κ1) is 10.7. The van der Waals surface area contributed by atoms with E-state index >= 15 is 0 Å². The van der Waals surface area contributed by atoms with Gasteiger partial charge in [-0.15, -0.1) is 0 Å². The van der Waals surface area contributed by atoms with Crippen molar-refractivity contribution in [3.8, 4) is 0 Å². The number of hydrogen-bond acceptors (Lipinski definition) is 2. The lowest BCUT2D eigenvalue weighted by Gasteiger charge is -2.22. The van der Waals surface area contributed by atoms with Crippen LogP contribution in [0, 0.1) is 0 Å². The molecule has 1 rings (SSSR count). The first-order valence-electron chi connectivity index (χ1n) is 4.97. The number of thioether (sulfide) groups is 1. The minimum absolute atomic E-state index is 0.557. The lowest BCUT2D eigenvalue weighted by Crippen LogP contribution is -2.41. The van der Waals surface area contributed by atoms with Crippen molar-refractivity contribution in [2.75, 3.05) is 18.1 Å². The normalized spacial score (nSPS) is 20.2. The monoisotopic (exact) mass is 201 g/mol. The summed E-state index contributed by atoms with van der Waals surface area (Å²) in [6.07, 6.45) is 3.49. The predicted octanol–water partition coefficient (Wildman–Crippen LogP) is 1.20. The van der Waals surface area contributed by atoms with Gasteiger partial charge in [-0.25, -0.2) is 0 Å². The number of nitrogens with two attached hydrogens (primary N) is 1. The van der Waals surface area contributed by atoms with Crippen molar-refractivity contribution in [1.29, 1.82) is 0 Å². The zero-order valence-electron chi connectivity index (χ0n) is 8.25. The van der Waals surface area contributed by atoms with Crippen LogP contribution in [0.15, 0.2) is 4.99 Å². The maximum absolute atomic E-state index is 5.72. The molecule has 4 heteroatoms. The van der Waals surface area contributed by atoms with Crippen LogP contribution in [-0.2, 0) is 0 Å². The summed E-state index contributed by atoms with van der Waals surface area (Å²) in [5.41, 5.74) is 5.72. The molecule has 0 saturated carbocycles. The number of aliphatic imine (C=N–C) groups is 1. The summed E-state index contributed by atoms with van der Waals surface area (Å²) in [7, 11) is 0. The Labute approximate surface area is 84.6 Å². The minimum atomic E-state index is 0.557. The van der Waals surface area contributed by atoms with Gasteiger partial charge in [0.15, 0.2) is 5.96 Å². The topological polar surface area (TPSA) is 50.4 Å². The van der Waals surface area contributed by atoms with Gasteiger partial charge in [-0.1, -0.05) is 6.92 Å². The molecule has 1 fully saturated rings. The van der Waals surface area contributed by atoms with Crippen LogP contribution in [0.1, 0.15) is 26.2 Å². The molecule has 0 spiro atoms. The maximum Gasteiger partial charge on any atom is 0.188 e. The van der Waals surface area contributed by atoms with Crippen LogP contribution >= 0.6 is 11.8 Å². The summed E-state index contributed by atoms with van der Waals surface area (Å²) < 4.78 is 0. The van der Waals surface area contributed by atoms with Gasteiger partial charge >= 0.3 is 0 Å². The quantitative estimate of drug-likeness (QED) is 0.533. The molecular weight excluding hydrogens is 182 g/mol. The molecule has 0 amide bonds. The number of hydrogen-bond donors (Lipinski definition) is 2. The fourth-order valence-electron chi connectivity index (χ4n) is 1.33. The van der Waals surface area contributed by atoms with Gasteiger partial charge in [0.05, 0.1) is 0 Å². The highest BCUT2D eigenvalue weighted by atomic mass is 32.2. The molecule has 1 heterocycles. The predicted molar refractivity (Wildman–Crippen MR) is 60.3 cm³/mol. The molecule has 0 bridgehead atoms. The van der Waals surface area contributed by atoms with E-state index in [-0.39, 0.29) is 0 Å². The molecule has 76 valence electrons. The van der Waals surface area contributed by atoms with Crippen molar-refractivity contribution in [2.45, 2.75) is 32.2 Å². The van der Waals surface area contributed by atoms with Crippen LogP contribution in [0.2, 0.25) is 0 Å². The first-order chi connectivity index (χ1) is 6.33. The van der Waals surface area contributed by atoms with Gasteiger partial charge in [0.1, 0.15) is 0 Å². The minimum Gasteiger partial charge on any atom is -0.370 e. The van der Waals surface area contributed by atoms with Crippen LogP contribution in [-0.4, -0.2) is 30.1 Å². The Kier molecular flexibility index (Phi) is 5.05. The molecule has 0 radical (unpaired) electrons. The van der Waals surface area contributed by atoms with Crippen LogP contribution in [0.3, 0.4) is 0 Å². The van der Waals surface area contributed by atoms with Gasteiger partial charge in [-0.2, -0.15) is 11.8 Å². The fourth-order valence-corrected chi connectivity index (χ4v) is 2.44. The van der Waals surface area contributed by atoms with Crippen molar-refractivity contribution < 1.29 is 0 Å². The zero-order chi connectivity index (χ0) is 9.52. The van der Waals surface area contributed by atoms with E-state index in [1.54, 1.807) is 0 Å². The second-order valence-electron chi connectivity index (χ2n) is 3.30. The largest absolute Gasteiger partial charge is 0.370 e. The Balaban J connectivity index is 2.21. The molecule has 1 aliphatic heterocycles. The van der Waals surface area contributed by atoms with Gasteiger partial charge in [-0.3, -0.25) is 4.99 Å². The van der Waals surface area contributed by atoms with Crippen LogP contribution in [0.25, 0.3) is 0 Å². The van der Waals surface area contributed by atoms with E-state index in [1.165, 1.54) is 24.3 Å². The molecule has 3 N–H and O–H groups in total. The molecule has 0 aromatic rings. The molecule has 0 aliphatic carbocycles. The molecule has 0 aromatic heterocycles. The van der Waals surface area contributed by atoms with Crippen molar-refractivity contribution in [3.05, 3.63) is 0 Å². The summed E-state index contributed by atoms with van der Waals surface area (Å²) in [5, 5.41) is 3.27. The Morgan fingerprint density at radius 1 is 1.54 bits per heavy atom. The highest BCUT2D eigenvalue weighted by Gasteiger charge is 2.13. The zero-order valence-corrected chi connectivity index (χ0v) is 9.07. The molecule has 1 aliphatic rings. The molecule has 0 unspecified atom stereocenters.